The Kier molecular flexibility index (Phi) is 6.57. The first-order valence-corrected chi connectivity index (χ1v) is 15.3. The summed E-state index contributed by atoms with van der Waals surface area (Å²) in [4.78, 5) is 2.28. The lowest BCUT2D eigenvalue weighted by Gasteiger charge is -2.21. The Morgan fingerprint density at radius 1 is 0.667 bits per heavy atom. The van der Waals surface area contributed by atoms with Gasteiger partial charge in [-0.05, 0) is 75.1 Å². The van der Waals surface area contributed by atoms with Crippen LogP contribution >= 0.6 is 0 Å². The maximum atomic E-state index is 6.19. The van der Waals surface area contributed by atoms with E-state index in [2.05, 4.69) is 151 Å². The van der Waals surface area contributed by atoms with Gasteiger partial charge >= 0.3 is 0 Å². The fourth-order valence-corrected chi connectivity index (χ4v) is 6.58. The molecule has 45 heavy (non-hydrogen) atoms. The summed E-state index contributed by atoms with van der Waals surface area (Å²) in [7, 11) is 2.14. The summed E-state index contributed by atoms with van der Waals surface area (Å²) in [5, 5.41) is 13.3. The average molecular weight is 581 g/mol. The average Bonchev–Trinajstić information content (AvgIpc) is 3.47. The smallest absolute Gasteiger partial charge is 0.136 e. The van der Waals surface area contributed by atoms with E-state index in [0.29, 0.717) is 0 Å². The van der Waals surface area contributed by atoms with Crippen LogP contribution in [0, 0.1) is 0 Å². The Morgan fingerprint density at radius 2 is 1.36 bits per heavy atom. The molecule has 1 aromatic heterocycles. The van der Waals surface area contributed by atoms with Gasteiger partial charge in [-0.3, -0.25) is 0 Å². The summed E-state index contributed by atoms with van der Waals surface area (Å²) in [6.07, 6.45) is 8.46. The molecule has 8 aromatic rings. The van der Waals surface area contributed by atoms with Crippen molar-refractivity contribution in [1.29, 1.82) is 0 Å². The second kappa shape index (κ2) is 11.0. The number of anilines is 3. The number of fused-ring (bicyclic) bond motifs is 4. The van der Waals surface area contributed by atoms with E-state index in [0.717, 1.165) is 40.2 Å². The maximum Gasteiger partial charge on any atom is 0.136 e. The molecule has 0 aliphatic carbocycles. The molecule has 3 nitrogen and oxygen atoms in total. The predicted octanol–water partition coefficient (Wildman–Crippen LogP) is 11.5. The van der Waals surface area contributed by atoms with Gasteiger partial charge in [-0.2, -0.15) is 0 Å². The topological polar surface area (TPSA) is 28.4 Å². The monoisotopic (exact) mass is 580 g/mol. The zero-order valence-corrected chi connectivity index (χ0v) is 25.1. The third-order valence-corrected chi connectivity index (χ3v) is 8.78. The highest BCUT2D eigenvalue weighted by molar-refractivity contribution is 6.33. The van der Waals surface area contributed by atoms with Crippen LogP contribution in [0.5, 0.6) is 0 Å². The number of hydrogen-bond acceptors (Lipinski definition) is 3. The normalized spacial score (nSPS) is 12.1. The molecule has 0 amide bonds. The number of likely N-dealkylation sites (N-methyl/N-ethyl adjacent to an activating group) is 1. The van der Waals surface area contributed by atoms with Crippen molar-refractivity contribution in [2.75, 3.05) is 23.8 Å². The van der Waals surface area contributed by atoms with Gasteiger partial charge in [0.2, 0.25) is 0 Å². The number of rotatable bonds is 8. The molecule has 8 rings (SSSR count). The second-order valence-corrected chi connectivity index (χ2v) is 11.6. The molecule has 0 spiro atoms. The molecular formula is C42H32N2O. The van der Waals surface area contributed by atoms with E-state index < -0.39 is 0 Å². The lowest BCUT2D eigenvalue weighted by Crippen LogP contribution is -2.17. The quantitative estimate of drug-likeness (QED) is 0.143. The van der Waals surface area contributed by atoms with E-state index in [9.17, 15) is 0 Å². The molecule has 0 saturated carbocycles. The van der Waals surface area contributed by atoms with Gasteiger partial charge in [0.05, 0.1) is 0 Å². The van der Waals surface area contributed by atoms with E-state index in [-0.39, 0.29) is 0 Å². The van der Waals surface area contributed by atoms with Crippen molar-refractivity contribution in [3.8, 4) is 0 Å². The van der Waals surface area contributed by atoms with Crippen molar-refractivity contribution in [1.82, 2.24) is 0 Å². The molecule has 0 aliphatic rings. The first kappa shape index (κ1) is 26.8. The number of nitrogens with zero attached hydrogens (tertiary/aromatic N) is 1. The molecule has 3 heteroatoms. The van der Waals surface area contributed by atoms with E-state index in [4.69, 9.17) is 4.42 Å². The molecule has 216 valence electrons. The Balaban J connectivity index is 1.01. The predicted molar refractivity (Wildman–Crippen MR) is 194 cm³/mol. The van der Waals surface area contributed by atoms with Crippen LogP contribution in [0.2, 0.25) is 0 Å². The Hall–Kier alpha value is -5.80. The third kappa shape index (κ3) is 4.70. The van der Waals surface area contributed by atoms with Gasteiger partial charge in [-0.1, -0.05) is 110 Å². The van der Waals surface area contributed by atoms with E-state index >= 15 is 0 Å². The minimum Gasteiger partial charge on any atom is -0.456 e. The number of hydrogen-bond donors (Lipinski definition) is 1. The number of nitrogens with one attached hydrogen (secondary N) is 1. The summed E-state index contributed by atoms with van der Waals surface area (Å²) in [6.45, 7) is 5.18. The molecule has 0 radical (unpaired) electrons. The molecule has 1 heterocycles. The Bertz CT molecular complexity index is 2410. The minimum absolute atomic E-state index is 0.785. The molecule has 0 bridgehead atoms. The van der Waals surface area contributed by atoms with Crippen LogP contribution < -0.4 is 10.2 Å². The molecular weight excluding hydrogens is 548 g/mol. The molecule has 0 aliphatic heterocycles. The largest absolute Gasteiger partial charge is 0.456 e. The Morgan fingerprint density at radius 3 is 2.13 bits per heavy atom. The van der Waals surface area contributed by atoms with Crippen molar-refractivity contribution in [2.45, 2.75) is 0 Å². The van der Waals surface area contributed by atoms with Crippen LogP contribution in [0.3, 0.4) is 0 Å². The van der Waals surface area contributed by atoms with Gasteiger partial charge in [-0.25, -0.2) is 0 Å². The summed E-state index contributed by atoms with van der Waals surface area (Å²) in [5.41, 5.74) is 7.36. The summed E-state index contributed by atoms with van der Waals surface area (Å²) < 4.78 is 6.19. The van der Waals surface area contributed by atoms with Crippen LogP contribution in [-0.4, -0.2) is 13.6 Å². The molecule has 0 saturated heterocycles. The van der Waals surface area contributed by atoms with Crippen molar-refractivity contribution in [3.05, 3.63) is 158 Å². The molecule has 0 unspecified atom stereocenters. The zero-order chi connectivity index (χ0) is 30.3. The van der Waals surface area contributed by atoms with E-state index in [1.165, 1.54) is 48.8 Å². The molecule has 1 N–H and O–H groups in total. The highest BCUT2D eigenvalue weighted by atomic mass is 16.3. The third-order valence-electron chi connectivity index (χ3n) is 8.78. The first-order valence-electron chi connectivity index (χ1n) is 15.3. The number of furan rings is 1. The van der Waals surface area contributed by atoms with Crippen molar-refractivity contribution < 1.29 is 4.42 Å². The van der Waals surface area contributed by atoms with Crippen LogP contribution in [0.4, 0.5) is 17.1 Å². The second-order valence-electron chi connectivity index (χ2n) is 11.6. The lowest BCUT2D eigenvalue weighted by atomic mass is 9.92. The number of allylic oxidation sites excluding steroid dienone is 4. The van der Waals surface area contributed by atoms with E-state index in [1.807, 2.05) is 18.2 Å². The van der Waals surface area contributed by atoms with Crippen LogP contribution in [0.1, 0.15) is 5.56 Å². The van der Waals surface area contributed by atoms with Crippen LogP contribution in [0.15, 0.2) is 157 Å². The van der Waals surface area contributed by atoms with Gasteiger partial charge in [-0.15, -0.1) is 0 Å². The van der Waals surface area contributed by atoms with Gasteiger partial charge in [0.25, 0.3) is 0 Å². The molecule has 0 atom stereocenters. The number of benzene rings is 7. The summed E-state index contributed by atoms with van der Waals surface area (Å²) in [6, 6.07) is 42.6. The fraction of sp³-hybridized carbons (Fsp3) is 0.0476. The van der Waals surface area contributed by atoms with Gasteiger partial charge in [0.1, 0.15) is 11.2 Å². The van der Waals surface area contributed by atoms with Crippen molar-refractivity contribution in [2.24, 2.45) is 0 Å². The molecule has 7 aromatic carbocycles. The highest BCUT2D eigenvalue weighted by Crippen LogP contribution is 2.42. The zero-order valence-electron chi connectivity index (χ0n) is 25.1. The van der Waals surface area contributed by atoms with E-state index in [1.54, 1.807) is 0 Å². The van der Waals surface area contributed by atoms with Gasteiger partial charge in [0, 0.05) is 52.2 Å². The molecule has 0 fully saturated rings. The SMILES string of the molecule is C=C(/C=C\C=C/CN(C)c1ccc(Nc2ccccc2)c2ccccc12)c1ccc2c(c1)c1cccc3oc4cccc2c4c31. The van der Waals surface area contributed by atoms with Crippen LogP contribution in [0.25, 0.3) is 59.8 Å². The summed E-state index contributed by atoms with van der Waals surface area (Å²) in [5.74, 6) is 0. The van der Waals surface area contributed by atoms with Crippen molar-refractivity contribution >= 4 is 76.9 Å². The standard InChI is InChI=1S/C42H32N2O/c1-28(29-22-23-31-34-18-11-20-39-41(34)42-35(36(31)27-29)19-12-21-40(42)45-39)13-5-4-10-26-44(2)38-25-24-37(32-16-8-9-17-33(32)38)43-30-14-6-3-7-15-30/h3-25,27,43H,1,26H2,2H3/b10-4-,13-5-. The van der Waals surface area contributed by atoms with Crippen LogP contribution in [-0.2, 0) is 0 Å². The number of para-hydroxylation sites is 1. The van der Waals surface area contributed by atoms with Gasteiger partial charge < -0.3 is 14.6 Å². The lowest BCUT2D eigenvalue weighted by molar-refractivity contribution is 0.669. The van der Waals surface area contributed by atoms with Crippen molar-refractivity contribution in [3.63, 3.8) is 0 Å². The fourth-order valence-electron chi connectivity index (χ4n) is 6.58. The minimum atomic E-state index is 0.785. The highest BCUT2D eigenvalue weighted by Gasteiger charge is 2.17. The van der Waals surface area contributed by atoms with Gasteiger partial charge in [0.15, 0.2) is 0 Å². The first-order chi connectivity index (χ1) is 22.2. The maximum absolute atomic E-state index is 6.19. The summed E-state index contributed by atoms with van der Waals surface area (Å²) >= 11 is 0. The Labute approximate surface area is 262 Å².